The lowest BCUT2D eigenvalue weighted by Gasteiger charge is -2.31. The Labute approximate surface area is 214 Å². The number of hydrogen-bond donors (Lipinski definition) is 1. The van der Waals surface area contributed by atoms with Crippen LogP contribution >= 0.6 is 0 Å². The van der Waals surface area contributed by atoms with Crippen molar-refractivity contribution in [3.63, 3.8) is 0 Å². The molecule has 1 atom stereocenters. The van der Waals surface area contributed by atoms with Gasteiger partial charge in [-0.25, -0.2) is 4.68 Å². The average molecular weight is 495 g/mol. The van der Waals surface area contributed by atoms with Crippen LogP contribution in [0.3, 0.4) is 0 Å². The van der Waals surface area contributed by atoms with E-state index in [-0.39, 0.29) is 0 Å². The van der Waals surface area contributed by atoms with Gasteiger partial charge in [0.25, 0.3) is 0 Å². The number of rotatable bonds is 12. The molecule has 2 aromatic carbocycles. The van der Waals surface area contributed by atoms with Gasteiger partial charge in [-0.1, -0.05) is 37.3 Å². The summed E-state index contributed by atoms with van der Waals surface area (Å²) < 4.78 is 19.3. The van der Waals surface area contributed by atoms with Gasteiger partial charge in [0.2, 0.25) is 5.88 Å². The first-order valence-corrected chi connectivity index (χ1v) is 12.7. The molecule has 194 valence electrons. The molecule has 1 unspecified atom stereocenters. The van der Waals surface area contributed by atoms with E-state index in [4.69, 9.17) is 19.3 Å². The Bertz CT molecular complexity index is 1080. The van der Waals surface area contributed by atoms with Crippen LogP contribution in [0.4, 0.5) is 0 Å². The molecule has 36 heavy (non-hydrogen) atoms. The first-order valence-electron chi connectivity index (χ1n) is 12.7. The SMILES string of the molecule is CCCN(Cc1c(C)nn(-c2ccccc2)c1Oc1ccccc1OC)CC(O)CN1CCOCC1. The van der Waals surface area contributed by atoms with Crippen LogP contribution in [0.5, 0.6) is 17.4 Å². The quantitative estimate of drug-likeness (QED) is 0.410. The predicted molar refractivity (Wildman–Crippen MR) is 140 cm³/mol. The standard InChI is InChI=1S/C28H38N4O4/c1-4-14-31(20-24(33)19-30-15-17-35-18-16-30)21-25-22(2)29-32(23-10-6-5-7-11-23)28(25)36-27-13-9-8-12-26(27)34-3/h5-13,24,33H,4,14-21H2,1-3H3. The maximum absolute atomic E-state index is 10.9. The zero-order chi connectivity index (χ0) is 25.3. The minimum Gasteiger partial charge on any atom is -0.493 e. The molecule has 0 bridgehead atoms. The number of aryl methyl sites for hydroxylation is 1. The van der Waals surface area contributed by atoms with Gasteiger partial charge in [0.15, 0.2) is 11.5 Å². The minimum atomic E-state index is -0.447. The number of nitrogens with zero attached hydrogens (tertiary/aromatic N) is 4. The van der Waals surface area contributed by atoms with E-state index in [2.05, 4.69) is 16.7 Å². The van der Waals surface area contributed by atoms with E-state index in [1.54, 1.807) is 7.11 Å². The van der Waals surface area contributed by atoms with E-state index in [1.807, 2.05) is 66.2 Å². The molecule has 4 rings (SSSR count). The van der Waals surface area contributed by atoms with Crippen molar-refractivity contribution in [3.8, 4) is 23.1 Å². The van der Waals surface area contributed by atoms with Crippen molar-refractivity contribution in [2.24, 2.45) is 0 Å². The molecular weight excluding hydrogens is 456 g/mol. The summed E-state index contributed by atoms with van der Waals surface area (Å²) in [7, 11) is 1.64. The van der Waals surface area contributed by atoms with E-state index < -0.39 is 6.10 Å². The van der Waals surface area contributed by atoms with Crippen molar-refractivity contribution in [1.82, 2.24) is 19.6 Å². The summed E-state index contributed by atoms with van der Waals surface area (Å²) in [5, 5.41) is 15.8. The molecule has 0 radical (unpaired) electrons. The predicted octanol–water partition coefficient (Wildman–Crippen LogP) is 3.89. The van der Waals surface area contributed by atoms with Gasteiger partial charge in [-0.05, 0) is 44.2 Å². The third-order valence-electron chi connectivity index (χ3n) is 6.38. The molecule has 1 N–H and O–H groups in total. The third-order valence-corrected chi connectivity index (χ3v) is 6.38. The van der Waals surface area contributed by atoms with Crippen LogP contribution in [0.25, 0.3) is 5.69 Å². The fourth-order valence-electron chi connectivity index (χ4n) is 4.59. The highest BCUT2D eigenvalue weighted by molar-refractivity contribution is 5.47. The molecular formula is C28H38N4O4. The number of para-hydroxylation sites is 3. The van der Waals surface area contributed by atoms with Gasteiger partial charge in [-0.3, -0.25) is 9.80 Å². The number of hydrogen-bond acceptors (Lipinski definition) is 7. The van der Waals surface area contributed by atoms with Gasteiger partial charge in [-0.2, -0.15) is 5.10 Å². The molecule has 2 heterocycles. The van der Waals surface area contributed by atoms with Crippen molar-refractivity contribution in [1.29, 1.82) is 0 Å². The number of aromatic nitrogens is 2. The summed E-state index contributed by atoms with van der Waals surface area (Å²) >= 11 is 0. The maximum Gasteiger partial charge on any atom is 0.227 e. The van der Waals surface area contributed by atoms with Crippen LogP contribution in [0, 0.1) is 6.92 Å². The number of morpholine rings is 1. The second-order valence-corrected chi connectivity index (χ2v) is 9.17. The maximum atomic E-state index is 10.9. The molecule has 0 aliphatic carbocycles. The van der Waals surface area contributed by atoms with Crippen LogP contribution < -0.4 is 9.47 Å². The van der Waals surface area contributed by atoms with Crippen LogP contribution in [-0.2, 0) is 11.3 Å². The lowest BCUT2D eigenvalue weighted by molar-refractivity contribution is 0.00622. The molecule has 1 saturated heterocycles. The normalized spacial score (nSPS) is 15.2. The second-order valence-electron chi connectivity index (χ2n) is 9.17. The lowest BCUT2D eigenvalue weighted by Crippen LogP contribution is -2.44. The van der Waals surface area contributed by atoms with Crippen molar-refractivity contribution in [2.45, 2.75) is 32.9 Å². The topological polar surface area (TPSA) is 72.2 Å². The minimum absolute atomic E-state index is 0.447. The first-order chi connectivity index (χ1) is 17.6. The Kier molecular flexibility index (Phi) is 9.35. The molecule has 3 aromatic rings. The number of ether oxygens (including phenoxy) is 3. The molecule has 1 aromatic heterocycles. The number of benzene rings is 2. The Morgan fingerprint density at radius 1 is 1.06 bits per heavy atom. The fourth-order valence-corrected chi connectivity index (χ4v) is 4.59. The Hall–Kier alpha value is -2.91. The third kappa shape index (κ3) is 6.64. The monoisotopic (exact) mass is 494 g/mol. The average Bonchev–Trinajstić information content (AvgIpc) is 3.20. The summed E-state index contributed by atoms with van der Waals surface area (Å²) in [6.45, 7) is 10.1. The molecule has 0 amide bonds. The van der Waals surface area contributed by atoms with Gasteiger partial charge in [-0.15, -0.1) is 0 Å². The van der Waals surface area contributed by atoms with Crippen LogP contribution in [0.15, 0.2) is 54.6 Å². The van der Waals surface area contributed by atoms with Crippen molar-refractivity contribution in [3.05, 3.63) is 65.9 Å². The van der Waals surface area contributed by atoms with Gasteiger partial charge < -0.3 is 19.3 Å². The van der Waals surface area contributed by atoms with Gasteiger partial charge in [0.05, 0.1) is 43.4 Å². The first kappa shape index (κ1) is 26.2. The van der Waals surface area contributed by atoms with Crippen molar-refractivity contribution >= 4 is 0 Å². The molecule has 0 saturated carbocycles. The highest BCUT2D eigenvalue weighted by Gasteiger charge is 2.24. The van der Waals surface area contributed by atoms with Crippen molar-refractivity contribution in [2.75, 3.05) is 53.0 Å². The number of methoxy groups -OCH3 is 1. The number of β-amino-alcohol motifs (C(OH)–C–C–N with tert-alkyl or cyclic N) is 1. The van der Waals surface area contributed by atoms with Gasteiger partial charge in [0, 0.05) is 32.7 Å². The Balaban J connectivity index is 1.61. The zero-order valence-corrected chi connectivity index (χ0v) is 21.6. The lowest BCUT2D eigenvalue weighted by atomic mass is 10.2. The summed E-state index contributed by atoms with van der Waals surface area (Å²) in [5.74, 6) is 1.95. The van der Waals surface area contributed by atoms with Crippen LogP contribution in [-0.4, -0.2) is 83.8 Å². The molecule has 8 nitrogen and oxygen atoms in total. The fraction of sp³-hybridized carbons (Fsp3) is 0.464. The van der Waals surface area contributed by atoms with E-state index in [0.717, 1.165) is 56.2 Å². The van der Waals surface area contributed by atoms with E-state index in [1.165, 1.54) is 0 Å². The highest BCUT2D eigenvalue weighted by Crippen LogP contribution is 2.36. The molecule has 8 heteroatoms. The Morgan fingerprint density at radius 2 is 1.75 bits per heavy atom. The summed E-state index contributed by atoms with van der Waals surface area (Å²) in [5.41, 5.74) is 2.82. The highest BCUT2D eigenvalue weighted by atomic mass is 16.5. The van der Waals surface area contributed by atoms with Crippen LogP contribution in [0.2, 0.25) is 0 Å². The van der Waals surface area contributed by atoms with E-state index in [0.29, 0.717) is 37.0 Å². The van der Waals surface area contributed by atoms with E-state index >= 15 is 0 Å². The smallest absolute Gasteiger partial charge is 0.227 e. The molecule has 1 aliphatic heterocycles. The number of aliphatic hydroxyl groups is 1. The second kappa shape index (κ2) is 12.9. The van der Waals surface area contributed by atoms with E-state index in [9.17, 15) is 5.11 Å². The summed E-state index contributed by atoms with van der Waals surface area (Å²) in [6, 6.07) is 17.6. The molecule has 1 fully saturated rings. The van der Waals surface area contributed by atoms with Crippen molar-refractivity contribution < 1.29 is 19.3 Å². The van der Waals surface area contributed by atoms with Gasteiger partial charge >= 0.3 is 0 Å². The number of aliphatic hydroxyl groups excluding tert-OH is 1. The summed E-state index contributed by atoms with van der Waals surface area (Å²) in [4.78, 5) is 4.56. The summed E-state index contributed by atoms with van der Waals surface area (Å²) in [6.07, 6.45) is 0.538. The van der Waals surface area contributed by atoms with Crippen LogP contribution in [0.1, 0.15) is 24.6 Å². The van der Waals surface area contributed by atoms with Gasteiger partial charge in [0.1, 0.15) is 0 Å². The largest absolute Gasteiger partial charge is 0.493 e. The zero-order valence-electron chi connectivity index (χ0n) is 21.6. The molecule has 0 spiro atoms. The Morgan fingerprint density at radius 3 is 2.44 bits per heavy atom. The molecule has 1 aliphatic rings.